The van der Waals surface area contributed by atoms with Crippen LogP contribution in [0.1, 0.15) is 83.2 Å². The second kappa shape index (κ2) is 17.7. The lowest BCUT2D eigenvalue weighted by molar-refractivity contribution is -0.141. The van der Waals surface area contributed by atoms with Crippen molar-refractivity contribution in [1.29, 1.82) is 0 Å². The molecule has 5 aromatic rings. The number of nitrogens with one attached hydrogen (secondary N) is 3. The molecular weight excluding hydrogens is 831 g/mol. The number of imidazole rings is 2. The van der Waals surface area contributed by atoms with Crippen molar-refractivity contribution in [3.8, 4) is 28.1 Å². The largest absolute Gasteiger partial charge is 0.488 e. The second-order valence-electron chi connectivity index (χ2n) is 17.8. The number of alkyl halides is 2. The molecule has 3 aromatic carbocycles. The summed E-state index contributed by atoms with van der Waals surface area (Å²) < 4.78 is 41.9. The molecule has 18 heteroatoms. The Morgan fingerprint density at radius 1 is 0.984 bits per heavy atom. The Hall–Kier alpha value is -6.30. The first-order valence-corrected chi connectivity index (χ1v) is 21.6. The molecule has 2 fully saturated rings. The fourth-order valence-corrected chi connectivity index (χ4v) is 9.72. The van der Waals surface area contributed by atoms with Crippen LogP contribution in [0.15, 0.2) is 48.7 Å². The minimum Gasteiger partial charge on any atom is -0.488 e. The molecule has 64 heavy (non-hydrogen) atoms. The third-order valence-electron chi connectivity index (χ3n) is 13.0. The number of benzene rings is 3. The fraction of sp³-hybridized carbons (Fsp3) is 0.478. The molecular formula is C46H54F2N8O8. The van der Waals surface area contributed by atoms with Crippen molar-refractivity contribution in [3.05, 3.63) is 65.9 Å². The van der Waals surface area contributed by atoms with Gasteiger partial charge in [0, 0.05) is 36.5 Å². The van der Waals surface area contributed by atoms with E-state index < -0.39 is 48.7 Å². The van der Waals surface area contributed by atoms with Gasteiger partial charge in [0.25, 0.3) is 0 Å². The smallest absolute Gasteiger partial charge is 0.407 e. The summed E-state index contributed by atoms with van der Waals surface area (Å²) in [7, 11) is 2.63. The summed E-state index contributed by atoms with van der Waals surface area (Å²) in [4.78, 5) is 73.0. The maximum absolute atomic E-state index is 14.0. The van der Waals surface area contributed by atoms with Crippen molar-refractivity contribution in [1.82, 2.24) is 40.0 Å². The molecule has 0 saturated carbocycles. The number of alkyl carbamates (subject to hydrolysis) is 1. The van der Waals surface area contributed by atoms with Crippen molar-refractivity contribution >= 4 is 45.8 Å². The van der Waals surface area contributed by atoms with E-state index in [9.17, 15) is 33.1 Å². The van der Waals surface area contributed by atoms with Gasteiger partial charge < -0.3 is 44.4 Å². The monoisotopic (exact) mass is 884 g/mol. The summed E-state index contributed by atoms with van der Waals surface area (Å²) in [6, 6.07) is 11.4. The van der Waals surface area contributed by atoms with E-state index in [-0.39, 0.29) is 43.0 Å². The van der Waals surface area contributed by atoms with Gasteiger partial charge in [-0.25, -0.2) is 19.6 Å². The fourth-order valence-electron chi connectivity index (χ4n) is 9.72. The number of likely N-dealkylation sites (tertiary alicyclic amines) is 2. The molecule has 8 rings (SSSR count). The number of likely N-dealkylation sites (N-methyl/N-ethyl adjacent to an activating group) is 1. The average molecular weight is 885 g/mol. The van der Waals surface area contributed by atoms with Crippen LogP contribution in [-0.2, 0) is 25.7 Å². The Balaban J connectivity index is 1.05. The highest BCUT2D eigenvalue weighted by Gasteiger charge is 2.44. The van der Waals surface area contributed by atoms with Crippen LogP contribution in [-0.4, -0.2) is 116 Å². The van der Waals surface area contributed by atoms with E-state index in [0.717, 1.165) is 55.4 Å². The van der Waals surface area contributed by atoms with Gasteiger partial charge in [-0.3, -0.25) is 14.5 Å². The molecule has 0 radical (unpaired) electrons. The van der Waals surface area contributed by atoms with Crippen molar-refractivity contribution in [2.75, 3.05) is 27.3 Å². The van der Waals surface area contributed by atoms with E-state index in [4.69, 9.17) is 14.5 Å². The number of rotatable bonds is 12. The number of carbonyl (C=O) groups excluding carboxylic acids is 3. The summed E-state index contributed by atoms with van der Waals surface area (Å²) in [6.45, 7) is 6.50. The van der Waals surface area contributed by atoms with Gasteiger partial charge in [0.1, 0.15) is 36.1 Å². The number of aromatic amines is 2. The molecule has 6 atom stereocenters. The van der Waals surface area contributed by atoms with Gasteiger partial charge in [0.15, 0.2) is 0 Å². The Morgan fingerprint density at radius 2 is 1.77 bits per heavy atom. The van der Waals surface area contributed by atoms with Gasteiger partial charge >= 0.3 is 18.8 Å². The predicted octanol–water partition coefficient (Wildman–Crippen LogP) is 7.86. The summed E-state index contributed by atoms with van der Waals surface area (Å²) in [5, 5.41) is 14.3. The molecule has 0 aliphatic carbocycles. The number of fused-ring (bicyclic) bond motifs is 6. The number of halogens is 2. The van der Waals surface area contributed by atoms with Crippen LogP contribution in [0.2, 0.25) is 0 Å². The molecule has 0 spiro atoms. The Bertz CT molecular complexity index is 2590. The number of nitrogens with zero attached hydrogens (tertiary/aromatic N) is 5. The zero-order valence-electron chi connectivity index (χ0n) is 36.9. The zero-order valence-corrected chi connectivity index (χ0v) is 36.9. The summed E-state index contributed by atoms with van der Waals surface area (Å²) in [6.07, 6.45) is 1.57. The van der Waals surface area contributed by atoms with Gasteiger partial charge in [-0.05, 0) is 84.4 Å². The van der Waals surface area contributed by atoms with Crippen LogP contribution in [0, 0.1) is 17.8 Å². The van der Waals surface area contributed by atoms with Crippen molar-refractivity contribution in [3.63, 3.8) is 0 Å². The lowest BCUT2D eigenvalue weighted by Gasteiger charge is -2.33. The van der Waals surface area contributed by atoms with E-state index >= 15 is 0 Å². The van der Waals surface area contributed by atoms with Crippen LogP contribution in [0.4, 0.5) is 18.4 Å². The first kappa shape index (κ1) is 44.3. The minimum absolute atomic E-state index is 0.0555. The molecule has 340 valence electrons. The third kappa shape index (κ3) is 8.30. The molecule has 2 aromatic heterocycles. The van der Waals surface area contributed by atoms with E-state index in [1.807, 2.05) is 62.1 Å². The molecule has 2 saturated heterocycles. The molecule has 16 nitrogen and oxygen atoms in total. The molecule has 4 amide bonds. The van der Waals surface area contributed by atoms with Crippen LogP contribution < -0.4 is 10.1 Å². The maximum Gasteiger partial charge on any atom is 0.407 e. The van der Waals surface area contributed by atoms with Gasteiger partial charge in [0.2, 0.25) is 11.8 Å². The number of ether oxygens (including phenoxy) is 3. The Kier molecular flexibility index (Phi) is 12.3. The highest BCUT2D eigenvalue weighted by Crippen LogP contribution is 2.44. The first-order valence-electron chi connectivity index (χ1n) is 21.6. The number of hydrogen-bond acceptors (Lipinski definition) is 9. The number of carbonyl (C=O) groups is 4. The van der Waals surface area contributed by atoms with Crippen molar-refractivity contribution in [2.24, 2.45) is 17.8 Å². The Labute approximate surface area is 368 Å². The summed E-state index contributed by atoms with van der Waals surface area (Å²) >= 11 is 0. The second-order valence-corrected chi connectivity index (χ2v) is 17.8. The van der Waals surface area contributed by atoms with E-state index in [0.29, 0.717) is 42.5 Å². The van der Waals surface area contributed by atoms with E-state index in [2.05, 4.69) is 31.1 Å². The average Bonchev–Trinajstić information content (AvgIpc) is 4.09. The van der Waals surface area contributed by atoms with Crippen molar-refractivity contribution < 1.29 is 47.3 Å². The van der Waals surface area contributed by atoms with Gasteiger partial charge in [-0.15, -0.1) is 0 Å². The summed E-state index contributed by atoms with van der Waals surface area (Å²) in [5.41, 5.74) is 5.97. The number of hydrogen-bond donors (Lipinski definition) is 4. The lowest BCUT2D eigenvalue weighted by atomic mass is 9.92. The molecule has 5 heterocycles. The minimum atomic E-state index is -2.96. The van der Waals surface area contributed by atoms with Crippen molar-refractivity contribution in [2.45, 2.75) is 97.3 Å². The number of H-pyrrole nitrogens is 2. The molecule has 3 aliphatic rings. The predicted molar refractivity (Wildman–Crippen MR) is 232 cm³/mol. The highest BCUT2D eigenvalue weighted by molar-refractivity contribution is 6.07. The maximum atomic E-state index is 14.0. The standard InChI is InChI=1S/C46H54F2N8O8/c1-22(2)37(53-45(59)62-7)42(57)56-24(5)8-13-34(56)41-50-32-12-10-26-16-31-29-11-9-27(15-28(29)21-63-36(31)17-30(26)38(32)52-41)33-18-49-40(51-33)35-14-25(20-64-44(47)48)19-55(35)43(58)39(23(3)4)54(6)46(60)61/h9-12,15-18,22-25,34-35,37,39,44H,8,13-14,19-21H2,1-7H3,(H,49,51)(H,50,52)(H,53,59)(H,60,61)/t24-,25-,34-,35-,37-,39-/m0/s1. The number of aromatic nitrogens is 4. The normalized spacial score (nSPS) is 20.4. The highest BCUT2D eigenvalue weighted by atomic mass is 19.3. The molecule has 4 N–H and O–H groups in total. The third-order valence-corrected chi connectivity index (χ3v) is 13.0. The topological polar surface area (TPSA) is 195 Å². The molecule has 0 unspecified atom stereocenters. The van der Waals surface area contributed by atoms with Gasteiger partial charge in [-0.1, -0.05) is 45.9 Å². The van der Waals surface area contributed by atoms with E-state index in [1.54, 1.807) is 20.0 Å². The number of carboxylic acid groups (broad SMARTS) is 1. The summed E-state index contributed by atoms with van der Waals surface area (Å²) in [5.74, 6) is 0.314. The number of amides is 4. The quantitative estimate of drug-likeness (QED) is 0.0958. The van der Waals surface area contributed by atoms with Crippen LogP contribution in [0.5, 0.6) is 5.75 Å². The zero-order chi connectivity index (χ0) is 45.7. The first-order chi connectivity index (χ1) is 30.5. The number of methoxy groups -OCH3 is 1. The molecule has 0 bridgehead atoms. The SMILES string of the molecule is COC(=O)N[C@H](C(=O)N1[C@@H](C)CC[C@H]1c1nc2ccc3cc4c(cc3c2[nH]1)OCc1cc(-c2cnc([C@@H]3C[C@H](COC(F)F)CN3C(=O)[C@H](C(C)C)N(C)C(=O)O)[nH]2)ccc1-4)C(C)C. The van der Waals surface area contributed by atoms with Crippen LogP contribution in [0.25, 0.3) is 44.2 Å². The Morgan fingerprint density at radius 3 is 2.47 bits per heavy atom. The van der Waals surface area contributed by atoms with Gasteiger partial charge in [-0.2, -0.15) is 8.78 Å². The molecule has 3 aliphatic heterocycles. The van der Waals surface area contributed by atoms with Crippen LogP contribution in [0.3, 0.4) is 0 Å². The lowest BCUT2D eigenvalue weighted by Crippen LogP contribution is -2.52. The van der Waals surface area contributed by atoms with Gasteiger partial charge in [0.05, 0.1) is 48.7 Å². The van der Waals surface area contributed by atoms with E-state index in [1.165, 1.54) is 19.1 Å². The van der Waals surface area contributed by atoms with Crippen LogP contribution >= 0.6 is 0 Å².